The largest absolute Gasteiger partial charge is 0.396 e. The monoisotopic (exact) mass is 226 g/mol. The molecule has 0 saturated carbocycles. The molecule has 0 aromatic rings. The van der Waals surface area contributed by atoms with Gasteiger partial charge in [0, 0.05) is 6.61 Å². The Balaban J connectivity index is 3.71. The van der Waals surface area contributed by atoms with Crippen molar-refractivity contribution in [3.8, 4) is 0 Å². The summed E-state index contributed by atoms with van der Waals surface area (Å²) in [6, 6.07) is 0. The van der Waals surface area contributed by atoms with Crippen LogP contribution in [0.25, 0.3) is 0 Å². The maximum absolute atomic E-state index is 8.69. The second-order valence-corrected chi connectivity index (χ2v) is 4.64. The maximum atomic E-state index is 8.69. The third-order valence-electron chi connectivity index (χ3n) is 3.00. The lowest BCUT2D eigenvalue weighted by molar-refractivity contribution is 0.283. The van der Waals surface area contributed by atoms with Crippen LogP contribution in [-0.4, -0.2) is 11.7 Å². The van der Waals surface area contributed by atoms with Crippen LogP contribution in [0, 0.1) is 0 Å². The highest BCUT2D eigenvalue weighted by Gasteiger charge is 1.97. The van der Waals surface area contributed by atoms with E-state index in [1.807, 2.05) is 0 Å². The van der Waals surface area contributed by atoms with E-state index in [1.165, 1.54) is 57.8 Å². The van der Waals surface area contributed by atoms with E-state index in [2.05, 4.69) is 19.9 Å². The van der Waals surface area contributed by atoms with Crippen LogP contribution >= 0.6 is 0 Å². The van der Waals surface area contributed by atoms with Crippen LogP contribution in [0.15, 0.2) is 11.6 Å². The molecule has 16 heavy (non-hydrogen) atoms. The average molecular weight is 226 g/mol. The molecule has 1 N–H and O–H groups in total. The van der Waals surface area contributed by atoms with Gasteiger partial charge in [-0.1, -0.05) is 44.8 Å². The number of unbranched alkanes of at least 4 members (excludes halogenated alkanes) is 5. The fourth-order valence-corrected chi connectivity index (χ4v) is 1.88. The van der Waals surface area contributed by atoms with Gasteiger partial charge in [0.2, 0.25) is 0 Å². The van der Waals surface area contributed by atoms with E-state index in [0.717, 1.165) is 6.42 Å². The van der Waals surface area contributed by atoms with Crippen molar-refractivity contribution < 1.29 is 5.11 Å². The van der Waals surface area contributed by atoms with Crippen molar-refractivity contribution in [2.24, 2.45) is 0 Å². The highest BCUT2D eigenvalue weighted by molar-refractivity contribution is 5.01. The topological polar surface area (TPSA) is 20.2 Å². The highest BCUT2D eigenvalue weighted by Crippen LogP contribution is 2.16. The minimum absolute atomic E-state index is 0.349. The van der Waals surface area contributed by atoms with E-state index in [0.29, 0.717) is 6.61 Å². The van der Waals surface area contributed by atoms with E-state index in [-0.39, 0.29) is 0 Å². The van der Waals surface area contributed by atoms with Gasteiger partial charge in [-0.05, 0) is 44.9 Å². The van der Waals surface area contributed by atoms with Crippen molar-refractivity contribution >= 4 is 0 Å². The molecule has 0 fully saturated rings. The van der Waals surface area contributed by atoms with E-state index >= 15 is 0 Å². The van der Waals surface area contributed by atoms with Crippen LogP contribution in [-0.2, 0) is 0 Å². The number of aliphatic hydroxyl groups excluding tert-OH is 1. The fourth-order valence-electron chi connectivity index (χ4n) is 1.88. The number of rotatable bonds is 11. The normalized spacial score (nSPS) is 10.4. The van der Waals surface area contributed by atoms with Crippen LogP contribution in [0.2, 0.25) is 0 Å². The smallest absolute Gasteiger partial charge is 0.0431 e. The average Bonchev–Trinajstić information content (AvgIpc) is 2.31. The standard InChI is InChI=1S/C15H30O/c1-3-5-11-15(12-6-4-2)13-9-7-8-10-14-16/h13,16H,3-12,14H2,1-2H3. The Hall–Kier alpha value is -0.300. The van der Waals surface area contributed by atoms with Crippen molar-refractivity contribution in [1.82, 2.24) is 0 Å². The summed E-state index contributed by atoms with van der Waals surface area (Å²) in [6.45, 7) is 4.87. The summed E-state index contributed by atoms with van der Waals surface area (Å²) in [5, 5.41) is 8.69. The predicted molar refractivity (Wildman–Crippen MR) is 72.7 cm³/mol. The first-order chi connectivity index (χ1) is 7.85. The summed E-state index contributed by atoms with van der Waals surface area (Å²) >= 11 is 0. The van der Waals surface area contributed by atoms with Crippen LogP contribution in [0.5, 0.6) is 0 Å². The summed E-state index contributed by atoms with van der Waals surface area (Å²) in [6.07, 6.45) is 14.9. The molecular weight excluding hydrogens is 196 g/mol. The Morgan fingerprint density at radius 1 is 0.875 bits per heavy atom. The molecule has 1 nitrogen and oxygen atoms in total. The molecule has 0 radical (unpaired) electrons. The lowest BCUT2D eigenvalue weighted by Gasteiger charge is -2.06. The van der Waals surface area contributed by atoms with Gasteiger partial charge in [-0.25, -0.2) is 0 Å². The fraction of sp³-hybridized carbons (Fsp3) is 0.867. The molecule has 0 aromatic heterocycles. The molecule has 0 spiro atoms. The van der Waals surface area contributed by atoms with E-state index < -0.39 is 0 Å². The van der Waals surface area contributed by atoms with Gasteiger partial charge in [0.1, 0.15) is 0 Å². The van der Waals surface area contributed by atoms with Crippen LogP contribution in [0.1, 0.15) is 78.1 Å². The third-order valence-corrected chi connectivity index (χ3v) is 3.00. The second-order valence-electron chi connectivity index (χ2n) is 4.64. The number of hydrogen-bond donors (Lipinski definition) is 1. The van der Waals surface area contributed by atoms with Crippen molar-refractivity contribution in [1.29, 1.82) is 0 Å². The van der Waals surface area contributed by atoms with E-state index in [9.17, 15) is 0 Å². The summed E-state index contributed by atoms with van der Waals surface area (Å²) in [7, 11) is 0. The summed E-state index contributed by atoms with van der Waals surface area (Å²) in [5.41, 5.74) is 1.67. The summed E-state index contributed by atoms with van der Waals surface area (Å²) in [4.78, 5) is 0. The van der Waals surface area contributed by atoms with Gasteiger partial charge in [-0.15, -0.1) is 0 Å². The molecule has 1 heteroatoms. The predicted octanol–water partition coefficient (Wildman–Crippen LogP) is 4.85. The Morgan fingerprint density at radius 3 is 2.00 bits per heavy atom. The van der Waals surface area contributed by atoms with E-state index in [4.69, 9.17) is 5.11 Å². The second kappa shape index (κ2) is 12.8. The maximum Gasteiger partial charge on any atom is 0.0431 e. The number of allylic oxidation sites excluding steroid dienone is 2. The molecule has 0 aliphatic carbocycles. The molecule has 0 saturated heterocycles. The minimum Gasteiger partial charge on any atom is -0.396 e. The van der Waals surface area contributed by atoms with Gasteiger partial charge in [-0.3, -0.25) is 0 Å². The Labute approximate surface area is 102 Å². The number of hydrogen-bond acceptors (Lipinski definition) is 1. The van der Waals surface area contributed by atoms with Gasteiger partial charge >= 0.3 is 0 Å². The molecule has 0 aliphatic rings. The Morgan fingerprint density at radius 2 is 1.50 bits per heavy atom. The van der Waals surface area contributed by atoms with Crippen molar-refractivity contribution in [2.45, 2.75) is 78.1 Å². The van der Waals surface area contributed by atoms with Gasteiger partial charge in [0.05, 0.1) is 0 Å². The first-order valence-corrected chi connectivity index (χ1v) is 7.13. The van der Waals surface area contributed by atoms with Crippen LogP contribution in [0.3, 0.4) is 0 Å². The molecule has 0 amide bonds. The molecular formula is C15H30O. The third kappa shape index (κ3) is 10.2. The zero-order valence-electron chi connectivity index (χ0n) is 11.3. The lowest BCUT2D eigenvalue weighted by Crippen LogP contribution is -1.87. The molecule has 0 heterocycles. The van der Waals surface area contributed by atoms with Crippen LogP contribution in [0.4, 0.5) is 0 Å². The molecule has 0 rings (SSSR count). The summed E-state index contributed by atoms with van der Waals surface area (Å²) < 4.78 is 0. The van der Waals surface area contributed by atoms with Gasteiger partial charge in [-0.2, -0.15) is 0 Å². The van der Waals surface area contributed by atoms with Gasteiger partial charge < -0.3 is 5.11 Å². The molecule has 0 aliphatic heterocycles. The van der Waals surface area contributed by atoms with Crippen molar-refractivity contribution in [3.05, 3.63) is 11.6 Å². The molecule has 0 bridgehead atoms. The highest BCUT2D eigenvalue weighted by atomic mass is 16.2. The molecule has 0 aromatic carbocycles. The zero-order valence-corrected chi connectivity index (χ0v) is 11.3. The van der Waals surface area contributed by atoms with Crippen molar-refractivity contribution in [3.63, 3.8) is 0 Å². The minimum atomic E-state index is 0.349. The van der Waals surface area contributed by atoms with Gasteiger partial charge in [0.25, 0.3) is 0 Å². The van der Waals surface area contributed by atoms with Gasteiger partial charge in [0.15, 0.2) is 0 Å². The first kappa shape index (κ1) is 15.7. The van der Waals surface area contributed by atoms with E-state index in [1.54, 1.807) is 5.57 Å². The first-order valence-electron chi connectivity index (χ1n) is 7.13. The summed E-state index contributed by atoms with van der Waals surface area (Å²) in [5.74, 6) is 0. The Kier molecular flexibility index (Phi) is 12.5. The Bertz CT molecular complexity index is 151. The SMILES string of the molecule is CCCCC(=CCCCCCO)CCCC. The molecule has 0 atom stereocenters. The molecule has 0 unspecified atom stereocenters. The zero-order chi connectivity index (χ0) is 12.1. The molecule has 96 valence electrons. The quantitative estimate of drug-likeness (QED) is 0.394. The van der Waals surface area contributed by atoms with Crippen LogP contribution < -0.4 is 0 Å². The lowest BCUT2D eigenvalue weighted by atomic mass is 10.0. The van der Waals surface area contributed by atoms with Crippen molar-refractivity contribution in [2.75, 3.05) is 6.61 Å². The number of aliphatic hydroxyl groups is 1.